The molecule has 3 rings (SSSR count). The molecule has 3 aromatic rings. The quantitative estimate of drug-likeness (QED) is 0.627. The Morgan fingerprint density at radius 2 is 1.81 bits per heavy atom. The molecule has 134 valence electrons. The predicted molar refractivity (Wildman–Crippen MR) is 103 cm³/mol. The molecule has 1 heterocycles. The number of hydrogen-bond acceptors (Lipinski definition) is 5. The van der Waals surface area contributed by atoms with Crippen LogP contribution >= 0.6 is 22.9 Å². The van der Waals surface area contributed by atoms with Gasteiger partial charge in [0.05, 0.1) is 4.90 Å². The number of halogens is 1. The number of carbonyl (C=O) groups is 1. The molecule has 2 aromatic carbocycles. The number of sulfone groups is 1. The van der Waals surface area contributed by atoms with Gasteiger partial charge >= 0.3 is 0 Å². The summed E-state index contributed by atoms with van der Waals surface area (Å²) in [6.07, 6.45) is 1.57. The number of hydrogen-bond donors (Lipinski definition) is 1. The maximum absolute atomic E-state index is 12.4. The molecule has 1 aromatic heterocycles. The summed E-state index contributed by atoms with van der Waals surface area (Å²) in [5.41, 5.74) is 1.17. The lowest BCUT2D eigenvalue weighted by Gasteiger charge is -2.11. The van der Waals surface area contributed by atoms with Crippen molar-refractivity contribution in [3.63, 3.8) is 0 Å². The summed E-state index contributed by atoms with van der Waals surface area (Å²) in [7, 11) is -3.48. The predicted octanol–water partition coefficient (Wildman–Crippen LogP) is 4.04. The van der Waals surface area contributed by atoms with Crippen molar-refractivity contribution in [2.75, 3.05) is 5.32 Å². The van der Waals surface area contributed by atoms with Crippen LogP contribution in [0.5, 0.6) is 0 Å². The lowest BCUT2D eigenvalue weighted by molar-refractivity contribution is -0.116. The molecule has 0 bridgehead atoms. The summed E-state index contributed by atoms with van der Waals surface area (Å²) in [5, 5.41) is 4.13. The highest BCUT2D eigenvalue weighted by molar-refractivity contribution is 7.90. The number of carbonyl (C=O) groups excluding carboxylic acids is 1. The molecule has 1 atom stereocenters. The van der Waals surface area contributed by atoms with Crippen LogP contribution in [0.25, 0.3) is 0 Å². The number of alkyl halides is 1. The van der Waals surface area contributed by atoms with Gasteiger partial charge in [0.15, 0.2) is 9.84 Å². The van der Waals surface area contributed by atoms with Crippen molar-refractivity contribution in [2.24, 2.45) is 0 Å². The first-order chi connectivity index (χ1) is 12.5. The normalized spacial score (nSPS) is 12.5. The number of amides is 1. The molecule has 0 fully saturated rings. The first kappa shape index (κ1) is 18.6. The van der Waals surface area contributed by atoms with Crippen LogP contribution in [-0.4, -0.2) is 19.3 Å². The van der Waals surface area contributed by atoms with Crippen molar-refractivity contribution in [2.45, 2.75) is 16.0 Å². The molecule has 1 N–H and O–H groups in total. The molecule has 0 saturated carbocycles. The number of anilines is 1. The lowest BCUT2D eigenvalue weighted by Crippen LogP contribution is -2.17. The summed E-state index contributed by atoms with van der Waals surface area (Å²) >= 11 is 7.47. The summed E-state index contributed by atoms with van der Waals surface area (Å²) in [6.45, 7) is 0. The summed E-state index contributed by atoms with van der Waals surface area (Å²) < 4.78 is 24.8. The zero-order valence-electron chi connectivity index (χ0n) is 13.5. The zero-order valence-corrected chi connectivity index (χ0v) is 15.9. The second-order valence-corrected chi connectivity index (χ2v) is 8.88. The van der Waals surface area contributed by atoms with E-state index < -0.39 is 15.2 Å². The van der Waals surface area contributed by atoms with Gasteiger partial charge in [-0.25, -0.2) is 13.4 Å². The summed E-state index contributed by atoms with van der Waals surface area (Å²) in [6, 6.07) is 15.0. The van der Waals surface area contributed by atoms with Crippen LogP contribution in [-0.2, 0) is 20.4 Å². The van der Waals surface area contributed by atoms with E-state index in [1.54, 1.807) is 48.0 Å². The van der Waals surface area contributed by atoms with Crippen LogP contribution in [0.1, 0.15) is 15.9 Å². The maximum Gasteiger partial charge on any atom is 0.246 e. The van der Waals surface area contributed by atoms with Gasteiger partial charge in [-0.05, 0) is 29.8 Å². The first-order valence-corrected chi connectivity index (χ1v) is 10.6. The van der Waals surface area contributed by atoms with Crippen molar-refractivity contribution in [3.8, 4) is 0 Å². The highest BCUT2D eigenvalue weighted by atomic mass is 35.5. The minimum atomic E-state index is -3.48. The van der Waals surface area contributed by atoms with E-state index in [-0.39, 0.29) is 16.6 Å². The molecular formula is C18H15ClN2O3S2. The largest absolute Gasteiger partial charge is 0.325 e. The Kier molecular flexibility index (Phi) is 5.70. The Morgan fingerprint density at radius 1 is 1.12 bits per heavy atom. The maximum atomic E-state index is 12.4. The van der Waals surface area contributed by atoms with Gasteiger partial charge in [-0.1, -0.05) is 30.3 Å². The van der Waals surface area contributed by atoms with E-state index in [9.17, 15) is 13.2 Å². The fourth-order valence-corrected chi connectivity index (χ4v) is 4.75. The lowest BCUT2D eigenvalue weighted by atomic mass is 10.1. The average Bonchev–Trinajstić information content (AvgIpc) is 3.14. The summed E-state index contributed by atoms with van der Waals surface area (Å²) in [5.74, 6) is -0.523. The molecule has 5 nitrogen and oxygen atoms in total. The molecule has 0 aliphatic carbocycles. The molecule has 0 aliphatic rings. The molecule has 0 saturated heterocycles. The molecule has 0 spiro atoms. The minimum absolute atomic E-state index is 0.145. The number of benzene rings is 2. The third kappa shape index (κ3) is 4.49. The molecule has 0 aliphatic heterocycles. The Bertz CT molecular complexity index is 973. The fourth-order valence-electron chi connectivity index (χ4n) is 2.29. The number of nitrogens with zero attached hydrogens (tertiary/aromatic N) is 1. The molecule has 0 radical (unpaired) electrons. The van der Waals surface area contributed by atoms with Crippen molar-refractivity contribution in [1.82, 2.24) is 4.98 Å². The number of aromatic nitrogens is 1. The Morgan fingerprint density at radius 3 is 2.42 bits per heavy atom. The van der Waals surface area contributed by atoms with Gasteiger partial charge in [-0.15, -0.1) is 22.9 Å². The standard InChI is InChI=1S/C18H15ClN2O3S2/c19-17(13-4-2-1-3-5-13)18(22)21-14-6-8-15(9-7-14)26(23,24)12-16-20-10-11-25-16/h1-11,17H,12H2,(H,21,22). The smallest absolute Gasteiger partial charge is 0.246 e. The van der Waals surface area contributed by atoms with Crippen molar-refractivity contribution < 1.29 is 13.2 Å². The van der Waals surface area contributed by atoms with Gasteiger partial charge in [0.25, 0.3) is 0 Å². The highest BCUT2D eigenvalue weighted by Crippen LogP contribution is 2.24. The second kappa shape index (κ2) is 7.99. The van der Waals surface area contributed by atoms with Crippen molar-refractivity contribution in [3.05, 3.63) is 76.7 Å². The monoisotopic (exact) mass is 406 g/mol. The van der Waals surface area contributed by atoms with Gasteiger partial charge < -0.3 is 5.32 Å². The summed E-state index contributed by atoms with van der Waals surface area (Å²) in [4.78, 5) is 16.4. The van der Waals surface area contributed by atoms with E-state index in [1.807, 2.05) is 6.07 Å². The Balaban J connectivity index is 1.68. The van der Waals surface area contributed by atoms with Crippen molar-refractivity contribution in [1.29, 1.82) is 0 Å². The number of thiazole rings is 1. The SMILES string of the molecule is O=C(Nc1ccc(S(=O)(=O)Cc2nccs2)cc1)C(Cl)c1ccccc1. The van der Waals surface area contributed by atoms with Gasteiger partial charge in [-0.2, -0.15) is 0 Å². The van der Waals surface area contributed by atoms with Crippen LogP contribution in [0.3, 0.4) is 0 Å². The van der Waals surface area contributed by atoms with Crippen molar-refractivity contribution >= 4 is 44.4 Å². The van der Waals surface area contributed by atoms with Crippen LogP contribution in [0.15, 0.2) is 71.1 Å². The highest BCUT2D eigenvalue weighted by Gasteiger charge is 2.19. The topological polar surface area (TPSA) is 76.1 Å². The van der Waals surface area contributed by atoms with E-state index in [0.29, 0.717) is 16.3 Å². The molecule has 26 heavy (non-hydrogen) atoms. The van der Waals surface area contributed by atoms with Crippen LogP contribution in [0.2, 0.25) is 0 Å². The first-order valence-electron chi connectivity index (χ1n) is 7.67. The third-order valence-electron chi connectivity index (χ3n) is 3.60. The Labute approximate surface area is 160 Å². The van der Waals surface area contributed by atoms with Gasteiger partial charge in [0.2, 0.25) is 5.91 Å². The van der Waals surface area contributed by atoms with E-state index in [4.69, 9.17) is 11.6 Å². The van der Waals surface area contributed by atoms with Gasteiger partial charge in [0.1, 0.15) is 16.1 Å². The Hall–Kier alpha value is -2.22. The fraction of sp³-hybridized carbons (Fsp3) is 0.111. The third-order valence-corrected chi connectivity index (χ3v) is 6.66. The van der Waals surface area contributed by atoms with Crippen LogP contribution < -0.4 is 5.32 Å². The molecule has 1 amide bonds. The van der Waals surface area contributed by atoms with E-state index in [2.05, 4.69) is 10.3 Å². The number of nitrogens with one attached hydrogen (secondary N) is 1. The molecular weight excluding hydrogens is 392 g/mol. The second-order valence-electron chi connectivity index (χ2n) is 5.47. The zero-order chi connectivity index (χ0) is 18.6. The average molecular weight is 407 g/mol. The van der Waals surface area contributed by atoms with E-state index >= 15 is 0 Å². The van der Waals surface area contributed by atoms with Gasteiger partial charge in [-0.3, -0.25) is 4.79 Å². The van der Waals surface area contributed by atoms with Crippen LogP contribution in [0.4, 0.5) is 5.69 Å². The molecule has 8 heteroatoms. The van der Waals surface area contributed by atoms with E-state index in [0.717, 1.165) is 0 Å². The minimum Gasteiger partial charge on any atom is -0.325 e. The van der Waals surface area contributed by atoms with Gasteiger partial charge in [0, 0.05) is 17.3 Å². The van der Waals surface area contributed by atoms with Crippen LogP contribution in [0, 0.1) is 0 Å². The van der Waals surface area contributed by atoms with E-state index in [1.165, 1.54) is 23.5 Å². The number of rotatable bonds is 6. The molecule has 1 unspecified atom stereocenters.